The summed E-state index contributed by atoms with van der Waals surface area (Å²) >= 11 is 2.89. The van der Waals surface area contributed by atoms with Gasteiger partial charge in [0.25, 0.3) is 5.91 Å². The number of aromatic nitrogens is 1. The zero-order valence-corrected chi connectivity index (χ0v) is 12.4. The largest absolute Gasteiger partial charge is 0.382 e. The lowest BCUT2D eigenvalue weighted by molar-refractivity contribution is 0.0945. The SMILES string of the molecule is CCNc1nc(N)c(C(=O)NC(C)c2cccs2)s1. The Bertz CT molecular complexity index is 550. The van der Waals surface area contributed by atoms with E-state index in [0.717, 1.165) is 11.4 Å². The van der Waals surface area contributed by atoms with Crippen molar-refractivity contribution in [1.82, 2.24) is 10.3 Å². The molecule has 1 atom stereocenters. The molecule has 2 aromatic rings. The fourth-order valence-corrected chi connectivity index (χ4v) is 3.18. The molecular formula is C12H16N4OS2. The van der Waals surface area contributed by atoms with E-state index in [1.54, 1.807) is 11.3 Å². The van der Waals surface area contributed by atoms with Gasteiger partial charge in [0, 0.05) is 11.4 Å². The van der Waals surface area contributed by atoms with E-state index in [-0.39, 0.29) is 17.8 Å². The lowest BCUT2D eigenvalue weighted by Gasteiger charge is -2.11. The fourth-order valence-electron chi connectivity index (χ4n) is 1.59. The van der Waals surface area contributed by atoms with Crippen molar-refractivity contribution in [3.8, 4) is 0 Å². The summed E-state index contributed by atoms with van der Waals surface area (Å²) in [6.45, 7) is 4.67. The molecule has 102 valence electrons. The third kappa shape index (κ3) is 3.24. The standard InChI is InChI=1S/C12H16N4OS2/c1-3-14-12-16-10(13)9(19-12)11(17)15-7(2)8-5-4-6-18-8/h4-7H,3,13H2,1-2H3,(H,14,16)(H,15,17). The highest BCUT2D eigenvalue weighted by Gasteiger charge is 2.18. The molecule has 0 fully saturated rings. The monoisotopic (exact) mass is 296 g/mol. The van der Waals surface area contributed by atoms with Crippen LogP contribution in [0.3, 0.4) is 0 Å². The van der Waals surface area contributed by atoms with Crippen LogP contribution in [0.25, 0.3) is 0 Å². The van der Waals surface area contributed by atoms with Crippen molar-refractivity contribution >= 4 is 39.5 Å². The third-order valence-corrected chi connectivity index (χ3v) is 4.59. The highest BCUT2D eigenvalue weighted by Crippen LogP contribution is 2.26. The van der Waals surface area contributed by atoms with Crippen molar-refractivity contribution in [2.75, 3.05) is 17.6 Å². The highest BCUT2D eigenvalue weighted by molar-refractivity contribution is 7.18. The number of carbonyl (C=O) groups excluding carboxylic acids is 1. The second-order valence-electron chi connectivity index (χ2n) is 3.97. The minimum Gasteiger partial charge on any atom is -0.382 e. The number of carbonyl (C=O) groups is 1. The zero-order chi connectivity index (χ0) is 13.8. The first-order valence-corrected chi connectivity index (χ1v) is 7.65. The number of hydrogen-bond donors (Lipinski definition) is 3. The van der Waals surface area contributed by atoms with Gasteiger partial charge in [0.2, 0.25) is 0 Å². The number of thiophene rings is 1. The number of nitrogens with one attached hydrogen (secondary N) is 2. The molecule has 4 N–H and O–H groups in total. The molecule has 0 spiro atoms. The first kappa shape index (κ1) is 13.8. The number of rotatable bonds is 5. The van der Waals surface area contributed by atoms with E-state index in [2.05, 4.69) is 15.6 Å². The Balaban J connectivity index is 2.07. The van der Waals surface area contributed by atoms with Crippen LogP contribution in [0.15, 0.2) is 17.5 Å². The van der Waals surface area contributed by atoms with Crippen LogP contribution in [0.1, 0.15) is 34.4 Å². The van der Waals surface area contributed by atoms with Crippen LogP contribution in [0.4, 0.5) is 10.9 Å². The quantitative estimate of drug-likeness (QED) is 0.792. The van der Waals surface area contributed by atoms with Crippen LogP contribution >= 0.6 is 22.7 Å². The molecule has 7 heteroatoms. The normalized spacial score (nSPS) is 12.1. The topological polar surface area (TPSA) is 80.0 Å². The molecule has 1 amide bonds. The molecule has 5 nitrogen and oxygen atoms in total. The Hall–Kier alpha value is -1.60. The van der Waals surface area contributed by atoms with Crippen LogP contribution in [0.2, 0.25) is 0 Å². The predicted molar refractivity (Wildman–Crippen MR) is 80.9 cm³/mol. The molecule has 0 bridgehead atoms. The molecule has 2 aromatic heterocycles. The minimum atomic E-state index is -0.181. The number of amides is 1. The van der Waals surface area contributed by atoms with Gasteiger partial charge in [-0.15, -0.1) is 11.3 Å². The Morgan fingerprint density at radius 2 is 2.37 bits per heavy atom. The number of thiazole rings is 1. The van der Waals surface area contributed by atoms with Crippen LogP contribution in [0.5, 0.6) is 0 Å². The van der Waals surface area contributed by atoms with Gasteiger partial charge in [0.05, 0.1) is 6.04 Å². The van der Waals surface area contributed by atoms with Crippen molar-refractivity contribution < 1.29 is 4.79 Å². The Morgan fingerprint density at radius 3 is 3.00 bits per heavy atom. The van der Waals surface area contributed by atoms with E-state index in [4.69, 9.17) is 5.73 Å². The molecule has 0 aromatic carbocycles. The molecule has 0 aliphatic rings. The van der Waals surface area contributed by atoms with Gasteiger partial charge >= 0.3 is 0 Å². The summed E-state index contributed by atoms with van der Waals surface area (Å²) in [6, 6.07) is 3.93. The average Bonchev–Trinajstić information content (AvgIpc) is 2.99. The van der Waals surface area contributed by atoms with Gasteiger partial charge in [0.1, 0.15) is 10.7 Å². The zero-order valence-electron chi connectivity index (χ0n) is 10.8. The average molecular weight is 296 g/mol. The van der Waals surface area contributed by atoms with Crippen LogP contribution in [-0.4, -0.2) is 17.4 Å². The van der Waals surface area contributed by atoms with Crippen molar-refractivity contribution in [2.45, 2.75) is 19.9 Å². The van der Waals surface area contributed by atoms with Crippen LogP contribution < -0.4 is 16.4 Å². The first-order chi connectivity index (χ1) is 9.11. The van der Waals surface area contributed by atoms with Gasteiger partial charge in [-0.25, -0.2) is 4.98 Å². The molecule has 0 saturated heterocycles. The lowest BCUT2D eigenvalue weighted by Crippen LogP contribution is -2.26. The number of nitrogen functional groups attached to an aromatic ring is 1. The second kappa shape index (κ2) is 6.03. The van der Waals surface area contributed by atoms with Crippen molar-refractivity contribution in [2.24, 2.45) is 0 Å². The molecule has 0 radical (unpaired) electrons. The smallest absolute Gasteiger partial charge is 0.265 e. The number of nitrogens with zero attached hydrogens (tertiary/aromatic N) is 1. The number of anilines is 2. The van der Waals surface area contributed by atoms with Crippen LogP contribution in [0, 0.1) is 0 Å². The van der Waals surface area contributed by atoms with E-state index in [0.29, 0.717) is 10.0 Å². The van der Waals surface area contributed by atoms with E-state index >= 15 is 0 Å². The Kier molecular flexibility index (Phi) is 4.39. The van der Waals surface area contributed by atoms with E-state index in [9.17, 15) is 4.79 Å². The van der Waals surface area contributed by atoms with Gasteiger partial charge in [-0.05, 0) is 25.3 Å². The maximum absolute atomic E-state index is 12.1. The second-order valence-corrected chi connectivity index (χ2v) is 5.95. The summed E-state index contributed by atoms with van der Waals surface area (Å²) in [6.07, 6.45) is 0. The maximum atomic E-state index is 12.1. The fraction of sp³-hybridized carbons (Fsp3) is 0.333. The van der Waals surface area contributed by atoms with E-state index in [1.807, 2.05) is 31.4 Å². The highest BCUT2D eigenvalue weighted by atomic mass is 32.1. The van der Waals surface area contributed by atoms with Gasteiger partial charge in [-0.3, -0.25) is 4.79 Å². The summed E-state index contributed by atoms with van der Waals surface area (Å²) in [5.41, 5.74) is 5.77. The van der Waals surface area contributed by atoms with Crippen molar-refractivity contribution in [1.29, 1.82) is 0 Å². The van der Waals surface area contributed by atoms with Crippen LogP contribution in [-0.2, 0) is 0 Å². The molecular weight excluding hydrogens is 280 g/mol. The molecule has 1 unspecified atom stereocenters. The lowest BCUT2D eigenvalue weighted by atomic mass is 10.2. The molecule has 2 rings (SSSR count). The summed E-state index contributed by atoms with van der Waals surface area (Å²) in [7, 11) is 0. The van der Waals surface area contributed by atoms with Crippen molar-refractivity contribution in [3.05, 3.63) is 27.3 Å². The van der Waals surface area contributed by atoms with Gasteiger partial charge in [-0.2, -0.15) is 0 Å². The summed E-state index contributed by atoms with van der Waals surface area (Å²) < 4.78 is 0. The summed E-state index contributed by atoms with van der Waals surface area (Å²) in [4.78, 5) is 17.8. The predicted octanol–water partition coefficient (Wildman–Crippen LogP) is 2.71. The minimum absolute atomic E-state index is 0.0309. The Labute approximate surface area is 119 Å². The molecule has 0 saturated carbocycles. The maximum Gasteiger partial charge on any atom is 0.265 e. The van der Waals surface area contributed by atoms with Crippen molar-refractivity contribution in [3.63, 3.8) is 0 Å². The number of hydrogen-bond acceptors (Lipinski definition) is 6. The summed E-state index contributed by atoms with van der Waals surface area (Å²) in [5.74, 6) is 0.0943. The van der Waals surface area contributed by atoms with E-state index < -0.39 is 0 Å². The molecule has 2 heterocycles. The number of nitrogens with two attached hydrogens (primary N) is 1. The first-order valence-electron chi connectivity index (χ1n) is 5.96. The Morgan fingerprint density at radius 1 is 1.58 bits per heavy atom. The van der Waals surface area contributed by atoms with Gasteiger partial charge in [0.15, 0.2) is 5.13 Å². The molecule has 0 aliphatic carbocycles. The molecule has 19 heavy (non-hydrogen) atoms. The van der Waals surface area contributed by atoms with Gasteiger partial charge in [-0.1, -0.05) is 17.4 Å². The summed E-state index contributed by atoms with van der Waals surface area (Å²) in [5, 5.41) is 8.65. The van der Waals surface area contributed by atoms with Gasteiger partial charge < -0.3 is 16.4 Å². The third-order valence-electron chi connectivity index (χ3n) is 2.51. The molecule has 0 aliphatic heterocycles. The van der Waals surface area contributed by atoms with E-state index in [1.165, 1.54) is 11.3 Å².